The predicted molar refractivity (Wildman–Crippen MR) is 93.4 cm³/mol. The van der Waals surface area contributed by atoms with Gasteiger partial charge < -0.3 is 10.2 Å². The van der Waals surface area contributed by atoms with Crippen LogP contribution in [0.1, 0.15) is 24.5 Å². The minimum atomic E-state index is 0.469. The molecule has 0 bridgehead atoms. The Labute approximate surface area is 128 Å². The first-order valence-corrected chi connectivity index (χ1v) is 7.68. The van der Waals surface area contributed by atoms with Gasteiger partial charge in [0.15, 0.2) is 0 Å². The summed E-state index contributed by atoms with van der Waals surface area (Å²) in [5.41, 5.74) is 5.17. The van der Waals surface area contributed by atoms with Crippen LogP contribution in [0, 0.1) is 6.92 Å². The molecule has 2 nitrogen and oxygen atoms in total. The van der Waals surface area contributed by atoms with Gasteiger partial charge in [-0.1, -0.05) is 37.3 Å². The van der Waals surface area contributed by atoms with Crippen molar-refractivity contribution < 1.29 is 0 Å². The lowest BCUT2D eigenvalue weighted by molar-refractivity contribution is 0.690. The molecule has 2 heteroatoms. The van der Waals surface area contributed by atoms with Crippen molar-refractivity contribution in [2.24, 2.45) is 0 Å². The summed E-state index contributed by atoms with van der Waals surface area (Å²) in [6, 6.07) is 17.8. The maximum absolute atomic E-state index is 3.69. The molecule has 112 valence electrons. The van der Waals surface area contributed by atoms with Crippen molar-refractivity contribution >= 4 is 11.4 Å². The second-order valence-electron chi connectivity index (χ2n) is 5.83. The highest BCUT2D eigenvalue weighted by atomic mass is 15.1. The van der Waals surface area contributed by atoms with E-state index in [0.29, 0.717) is 6.04 Å². The fourth-order valence-corrected chi connectivity index (χ4v) is 2.50. The van der Waals surface area contributed by atoms with Crippen LogP contribution in [0.5, 0.6) is 0 Å². The lowest BCUT2D eigenvalue weighted by Crippen LogP contribution is -2.22. The van der Waals surface area contributed by atoms with Gasteiger partial charge in [0.05, 0.1) is 0 Å². The van der Waals surface area contributed by atoms with E-state index in [-0.39, 0.29) is 0 Å². The minimum Gasteiger partial charge on any atom is -0.382 e. The van der Waals surface area contributed by atoms with Crippen LogP contribution in [-0.4, -0.2) is 20.1 Å². The number of rotatable bonds is 6. The van der Waals surface area contributed by atoms with Crippen molar-refractivity contribution in [3.63, 3.8) is 0 Å². The first-order chi connectivity index (χ1) is 10.1. The van der Waals surface area contributed by atoms with Gasteiger partial charge in [-0.2, -0.15) is 0 Å². The monoisotopic (exact) mass is 282 g/mol. The van der Waals surface area contributed by atoms with Crippen molar-refractivity contribution in [2.45, 2.75) is 32.7 Å². The van der Waals surface area contributed by atoms with Gasteiger partial charge >= 0.3 is 0 Å². The third-order valence-electron chi connectivity index (χ3n) is 3.90. The van der Waals surface area contributed by atoms with E-state index in [1.165, 1.54) is 22.5 Å². The molecule has 1 unspecified atom stereocenters. The van der Waals surface area contributed by atoms with Gasteiger partial charge in [-0.05, 0) is 49.1 Å². The van der Waals surface area contributed by atoms with Gasteiger partial charge in [0, 0.05) is 31.5 Å². The standard InChI is InChI=1S/C19H26N2/c1-5-17(14-16-9-7-6-8-10-16)20-19-12-11-18(21(3)4)13-15(19)2/h6-13,17,20H,5,14H2,1-4H3. The third-order valence-corrected chi connectivity index (χ3v) is 3.90. The smallest absolute Gasteiger partial charge is 0.0373 e. The van der Waals surface area contributed by atoms with Crippen LogP contribution < -0.4 is 10.2 Å². The summed E-state index contributed by atoms with van der Waals surface area (Å²) < 4.78 is 0. The van der Waals surface area contributed by atoms with Gasteiger partial charge in [0.2, 0.25) is 0 Å². The van der Waals surface area contributed by atoms with E-state index in [2.05, 4.69) is 86.7 Å². The van der Waals surface area contributed by atoms with Gasteiger partial charge in [0.25, 0.3) is 0 Å². The lowest BCUT2D eigenvalue weighted by atomic mass is 10.0. The first kappa shape index (κ1) is 15.4. The second-order valence-corrected chi connectivity index (χ2v) is 5.83. The van der Waals surface area contributed by atoms with Crippen molar-refractivity contribution in [1.29, 1.82) is 0 Å². The summed E-state index contributed by atoms with van der Waals surface area (Å²) in [7, 11) is 4.15. The van der Waals surface area contributed by atoms with Gasteiger partial charge in [-0.15, -0.1) is 0 Å². The highest BCUT2D eigenvalue weighted by Gasteiger charge is 2.09. The van der Waals surface area contributed by atoms with Gasteiger partial charge in [0.1, 0.15) is 0 Å². The van der Waals surface area contributed by atoms with Crippen LogP contribution >= 0.6 is 0 Å². The van der Waals surface area contributed by atoms with E-state index in [0.717, 1.165) is 12.8 Å². The Morgan fingerprint density at radius 3 is 2.33 bits per heavy atom. The Morgan fingerprint density at radius 1 is 1.05 bits per heavy atom. The molecule has 0 radical (unpaired) electrons. The Kier molecular flexibility index (Phi) is 5.26. The zero-order chi connectivity index (χ0) is 15.2. The fourth-order valence-electron chi connectivity index (χ4n) is 2.50. The van der Waals surface area contributed by atoms with Crippen molar-refractivity contribution in [2.75, 3.05) is 24.3 Å². The molecule has 0 saturated carbocycles. The predicted octanol–water partition coefficient (Wildman–Crippen LogP) is 4.49. The van der Waals surface area contributed by atoms with E-state index in [1.807, 2.05) is 0 Å². The minimum absolute atomic E-state index is 0.469. The maximum atomic E-state index is 3.69. The van der Waals surface area contributed by atoms with Crippen molar-refractivity contribution in [1.82, 2.24) is 0 Å². The topological polar surface area (TPSA) is 15.3 Å². The van der Waals surface area contributed by atoms with Gasteiger partial charge in [-0.3, -0.25) is 0 Å². The second kappa shape index (κ2) is 7.16. The molecule has 0 amide bonds. The average molecular weight is 282 g/mol. The van der Waals surface area contributed by atoms with Crippen molar-refractivity contribution in [3.05, 3.63) is 59.7 Å². The van der Waals surface area contributed by atoms with Crippen LogP contribution in [0.25, 0.3) is 0 Å². The van der Waals surface area contributed by atoms with Gasteiger partial charge in [-0.25, -0.2) is 0 Å². The molecule has 1 atom stereocenters. The zero-order valence-corrected chi connectivity index (χ0v) is 13.6. The number of anilines is 2. The van der Waals surface area contributed by atoms with E-state index in [1.54, 1.807) is 0 Å². The molecule has 0 aliphatic heterocycles. The Hall–Kier alpha value is -1.96. The molecule has 2 aromatic rings. The van der Waals surface area contributed by atoms with E-state index >= 15 is 0 Å². The first-order valence-electron chi connectivity index (χ1n) is 7.68. The zero-order valence-electron chi connectivity index (χ0n) is 13.6. The van der Waals surface area contributed by atoms with Crippen LogP contribution in [0.4, 0.5) is 11.4 Å². The summed E-state index contributed by atoms with van der Waals surface area (Å²) in [6.45, 7) is 4.41. The number of nitrogens with zero attached hydrogens (tertiary/aromatic N) is 1. The Bertz CT molecular complexity index is 561. The van der Waals surface area contributed by atoms with Crippen LogP contribution in [0.3, 0.4) is 0 Å². The normalized spacial score (nSPS) is 12.0. The highest BCUT2D eigenvalue weighted by molar-refractivity contribution is 5.60. The molecule has 0 fully saturated rings. The molecule has 21 heavy (non-hydrogen) atoms. The molecule has 1 N–H and O–H groups in total. The molecular formula is C19H26N2. The lowest BCUT2D eigenvalue weighted by Gasteiger charge is -2.21. The van der Waals surface area contributed by atoms with Crippen LogP contribution in [-0.2, 0) is 6.42 Å². The van der Waals surface area contributed by atoms with Crippen LogP contribution in [0.15, 0.2) is 48.5 Å². The number of nitrogens with one attached hydrogen (secondary N) is 1. The Morgan fingerprint density at radius 2 is 1.76 bits per heavy atom. The highest BCUT2D eigenvalue weighted by Crippen LogP contribution is 2.23. The van der Waals surface area contributed by atoms with Crippen molar-refractivity contribution in [3.8, 4) is 0 Å². The van der Waals surface area contributed by atoms with E-state index in [9.17, 15) is 0 Å². The largest absolute Gasteiger partial charge is 0.382 e. The number of aryl methyl sites for hydroxylation is 1. The quantitative estimate of drug-likeness (QED) is 0.839. The third kappa shape index (κ3) is 4.25. The maximum Gasteiger partial charge on any atom is 0.0373 e. The Balaban J connectivity index is 2.08. The summed E-state index contributed by atoms with van der Waals surface area (Å²) in [6.07, 6.45) is 2.18. The molecule has 2 aromatic carbocycles. The van der Waals surface area contributed by atoms with Crippen LogP contribution in [0.2, 0.25) is 0 Å². The summed E-state index contributed by atoms with van der Waals surface area (Å²) in [5, 5.41) is 3.69. The summed E-state index contributed by atoms with van der Waals surface area (Å²) in [5.74, 6) is 0. The molecule has 0 spiro atoms. The summed E-state index contributed by atoms with van der Waals surface area (Å²) >= 11 is 0. The number of hydrogen-bond acceptors (Lipinski definition) is 2. The average Bonchev–Trinajstić information content (AvgIpc) is 2.49. The van der Waals surface area contributed by atoms with E-state index in [4.69, 9.17) is 0 Å². The molecule has 2 rings (SSSR count). The molecule has 0 heterocycles. The number of hydrogen-bond donors (Lipinski definition) is 1. The molecular weight excluding hydrogens is 256 g/mol. The molecule has 0 aliphatic rings. The summed E-state index contributed by atoms with van der Waals surface area (Å²) in [4.78, 5) is 2.14. The van der Waals surface area contributed by atoms with E-state index < -0.39 is 0 Å². The molecule has 0 saturated heterocycles. The number of benzene rings is 2. The fraction of sp³-hybridized carbons (Fsp3) is 0.368. The molecule has 0 aliphatic carbocycles. The SMILES string of the molecule is CCC(Cc1ccccc1)Nc1ccc(N(C)C)cc1C. The molecule has 0 aromatic heterocycles.